The molecule has 0 spiro atoms. The summed E-state index contributed by atoms with van der Waals surface area (Å²) in [4.78, 5) is 15.0. The molecule has 0 saturated heterocycles. The van der Waals surface area contributed by atoms with Crippen molar-refractivity contribution in [3.8, 4) is 5.88 Å². The van der Waals surface area contributed by atoms with E-state index in [4.69, 9.17) is 9.84 Å². The highest BCUT2D eigenvalue weighted by Crippen LogP contribution is 2.24. The number of aromatic carboxylic acids is 1. The van der Waals surface area contributed by atoms with E-state index < -0.39 is 11.8 Å². The molecule has 5 nitrogen and oxygen atoms in total. The van der Waals surface area contributed by atoms with E-state index in [0.29, 0.717) is 11.6 Å². The number of benzene rings is 1. The van der Waals surface area contributed by atoms with Crippen LogP contribution in [-0.2, 0) is 0 Å². The molecule has 2 N–H and O–H groups in total. The van der Waals surface area contributed by atoms with Crippen molar-refractivity contribution < 1.29 is 19.0 Å². The predicted molar refractivity (Wildman–Crippen MR) is 67.4 cm³/mol. The Kier molecular flexibility index (Phi) is 3.61. The fraction of sp³-hybridized carbons (Fsp3) is 0.0769. The van der Waals surface area contributed by atoms with Crippen molar-refractivity contribution in [2.24, 2.45) is 0 Å². The third-order valence-corrected chi connectivity index (χ3v) is 2.46. The van der Waals surface area contributed by atoms with Crippen LogP contribution in [0.15, 0.2) is 36.5 Å². The fourth-order valence-corrected chi connectivity index (χ4v) is 1.55. The van der Waals surface area contributed by atoms with Crippen molar-refractivity contribution in [1.82, 2.24) is 4.98 Å². The van der Waals surface area contributed by atoms with Gasteiger partial charge in [-0.3, -0.25) is 0 Å². The summed E-state index contributed by atoms with van der Waals surface area (Å²) in [5.41, 5.74) is 0.228. The summed E-state index contributed by atoms with van der Waals surface area (Å²) in [5.74, 6) is -1.43. The minimum atomic E-state index is -1.21. The first kappa shape index (κ1) is 12.8. The number of hydrogen-bond donors (Lipinski definition) is 2. The number of aromatic nitrogens is 1. The standard InChI is InChI=1S/C13H11FN2O3/c1-19-11-6-5-8(7-15-11)16-12-9(13(17)18)3-2-4-10(12)14/h2-7,16H,1H3,(H,17,18). The molecule has 0 atom stereocenters. The highest BCUT2D eigenvalue weighted by atomic mass is 19.1. The first-order valence-corrected chi connectivity index (χ1v) is 5.40. The monoisotopic (exact) mass is 262 g/mol. The van der Waals surface area contributed by atoms with Crippen LogP contribution in [0.5, 0.6) is 5.88 Å². The van der Waals surface area contributed by atoms with Crippen LogP contribution < -0.4 is 10.1 Å². The molecule has 2 rings (SSSR count). The average Bonchev–Trinajstić information content (AvgIpc) is 2.41. The Labute approximate surface area is 108 Å². The maximum atomic E-state index is 13.7. The number of carboxylic acids is 1. The van der Waals surface area contributed by atoms with E-state index >= 15 is 0 Å². The number of para-hydroxylation sites is 1. The van der Waals surface area contributed by atoms with Crippen LogP contribution in [0.25, 0.3) is 0 Å². The first-order valence-electron chi connectivity index (χ1n) is 5.40. The lowest BCUT2D eigenvalue weighted by Crippen LogP contribution is -2.05. The third-order valence-electron chi connectivity index (χ3n) is 2.46. The van der Waals surface area contributed by atoms with Crippen molar-refractivity contribution >= 4 is 17.3 Å². The number of rotatable bonds is 4. The minimum absolute atomic E-state index is 0.0954. The van der Waals surface area contributed by atoms with E-state index in [1.165, 1.54) is 31.5 Å². The number of hydrogen-bond acceptors (Lipinski definition) is 4. The van der Waals surface area contributed by atoms with Gasteiger partial charge in [0, 0.05) is 6.07 Å². The molecule has 2 aromatic rings. The maximum Gasteiger partial charge on any atom is 0.337 e. The molecule has 6 heteroatoms. The number of methoxy groups -OCH3 is 1. The number of nitrogens with zero attached hydrogens (tertiary/aromatic N) is 1. The normalized spacial score (nSPS) is 10.0. The number of carboxylic acid groups (broad SMARTS) is 1. The van der Waals surface area contributed by atoms with Crippen molar-refractivity contribution in [2.75, 3.05) is 12.4 Å². The number of ether oxygens (including phenoxy) is 1. The summed E-state index contributed by atoms with van der Waals surface area (Å²) in [6, 6.07) is 7.06. The second-order valence-corrected chi connectivity index (χ2v) is 3.68. The van der Waals surface area contributed by atoms with E-state index in [2.05, 4.69) is 10.3 Å². The molecule has 0 radical (unpaired) electrons. The van der Waals surface area contributed by atoms with Gasteiger partial charge in [-0.1, -0.05) is 6.07 Å². The van der Waals surface area contributed by atoms with Crippen LogP contribution in [0.3, 0.4) is 0 Å². The third kappa shape index (κ3) is 2.79. The van der Waals surface area contributed by atoms with Crippen LogP contribution in [0.2, 0.25) is 0 Å². The van der Waals surface area contributed by atoms with Crippen LogP contribution in [0.4, 0.5) is 15.8 Å². The lowest BCUT2D eigenvalue weighted by molar-refractivity contribution is 0.0697. The molecule has 0 fully saturated rings. The highest BCUT2D eigenvalue weighted by Gasteiger charge is 2.14. The zero-order chi connectivity index (χ0) is 13.8. The average molecular weight is 262 g/mol. The molecule has 19 heavy (non-hydrogen) atoms. The van der Waals surface area contributed by atoms with Gasteiger partial charge < -0.3 is 15.2 Å². The zero-order valence-corrected chi connectivity index (χ0v) is 10.1. The maximum absolute atomic E-state index is 13.7. The van der Waals surface area contributed by atoms with Gasteiger partial charge in [0.25, 0.3) is 0 Å². The molecule has 1 heterocycles. The van der Waals surface area contributed by atoms with Gasteiger partial charge in [-0.2, -0.15) is 0 Å². The number of carbonyl (C=O) groups is 1. The molecule has 0 bridgehead atoms. The Hall–Kier alpha value is -2.63. The lowest BCUT2D eigenvalue weighted by Gasteiger charge is -2.10. The number of anilines is 2. The zero-order valence-electron chi connectivity index (χ0n) is 10.1. The van der Waals surface area contributed by atoms with Crippen LogP contribution in [-0.4, -0.2) is 23.2 Å². The molecule has 98 valence electrons. The Morgan fingerprint density at radius 2 is 2.16 bits per heavy atom. The molecule has 0 unspecified atom stereocenters. The van der Waals surface area contributed by atoms with Crippen LogP contribution >= 0.6 is 0 Å². The smallest absolute Gasteiger partial charge is 0.337 e. The summed E-state index contributed by atoms with van der Waals surface area (Å²) < 4.78 is 18.6. The summed E-state index contributed by atoms with van der Waals surface area (Å²) in [6.45, 7) is 0. The van der Waals surface area contributed by atoms with E-state index in [1.807, 2.05) is 0 Å². The molecule has 0 aliphatic rings. The SMILES string of the molecule is COc1ccc(Nc2c(F)cccc2C(=O)O)cn1. The first-order chi connectivity index (χ1) is 9.11. The number of halogens is 1. The number of nitrogens with one attached hydrogen (secondary N) is 1. The molecule has 1 aromatic carbocycles. The van der Waals surface area contributed by atoms with Gasteiger partial charge >= 0.3 is 5.97 Å². The van der Waals surface area contributed by atoms with Gasteiger partial charge in [0.1, 0.15) is 5.82 Å². The van der Waals surface area contributed by atoms with Gasteiger partial charge in [-0.15, -0.1) is 0 Å². The molecular formula is C13H11FN2O3. The van der Waals surface area contributed by atoms with Crippen LogP contribution in [0, 0.1) is 5.82 Å². The van der Waals surface area contributed by atoms with Crippen molar-refractivity contribution in [1.29, 1.82) is 0 Å². The topological polar surface area (TPSA) is 71.5 Å². The van der Waals surface area contributed by atoms with Gasteiger partial charge in [-0.05, 0) is 18.2 Å². The van der Waals surface area contributed by atoms with Gasteiger partial charge in [0.05, 0.1) is 30.2 Å². The molecule has 1 aromatic heterocycles. The van der Waals surface area contributed by atoms with Crippen LogP contribution in [0.1, 0.15) is 10.4 Å². The Morgan fingerprint density at radius 3 is 2.74 bits per heavy atom. The summed E-state index contributed by atoms with van der Waals surface area (Å²) >= 11 is 0. The Bertz CT molecular complexity index is 599. The Morgan fingerprint density at radius 1 is 1.37 bits per heavy atom. The minimum Gasteiger partial charge on any atom is -0.481 e. The second kappa shape index (κ2) is 5.34. The van der Waals surface area contributed by atoms with Crippen molar-refractivity contribution in [3.63, 3.8) is 0 Å². The summed E-state index contributed by atoms with van der Waals surface area (Å²) in [5, 5.41) is 11.7. The van der Waals surface area contributed by atoms with Gasteiger partial charge in [-0.25, -0.2) is 14.2 Å². The molecule has 0 aliphatic heterocycles. The molecule has 0 aliphatic carbocycles. The largest absolute Gasteiger partial charge is 0.481 e. The lowest BCUT2D eigenvalue weighted by atomic mass is 10.1. The summed E-state index contributed by atoms with van der Waals surface area (Å²) in [6.07, 6.45) is 1.43. The van der Waals surface area contributed by atoms with E-state index in [-0.39, 0.29) is 11.3 Å². The molecular weight excluding hydrogens is 251 g/mol. The Balaban J connectivity index is 2.34. The van der Waals surface area contributed by atoms with Crippen molar-refractivity contribution in [3.05, 3.63) is 47.9 Å². The molecule has 0 amide bonds. The van der Waals surface area contributed by atoms with Gasteiger partial charge in [0.15, 0.2) is 0 Å². The highest BCUT2D eigenvalue weighted by molar-refractivity contribution is 5.95. The second-order valence-electron chi connectivity index (χ2n) is 3.68. The van der Waals surface area contributed by atoms with E-state index in [0.717, 1.165) is 0 Å². The number of pyridine rings is 1. The van der Waals surface area contributed by atoms with Gasteiger partial charge in [0.2, 0.25) is 5.88 Å². The van der Waals surface area contributed by atoms with Crippen molar-refractivity contribution in [2.45, 2.75) is 0 Å². The van der Waals surface area contributed by atoms with E-state index in [1.54, 1.807) is 12.1 Å². The predicted octanol–water partition coefficient (Wildman–Crippen LogP) is 2.67. The molecule has 0 saturated carbocycles. The quantitative estimate of drug-likeness (QED) is 0.886. The summed E-state index contributed by atoms with van der Waals surface area (Å²) in [7, 11) is 1.48. The fourth-order valence-electron chi connectivity index (χ4n) is 1.55. The van der Waals surface area contributed by atoms with E-state index in [9.17, 15) is 9.18 Å².